The highest BCUT2D eigenvalue weighted by atomic mass is 35.5. The van der Waals surface area contributed by atoms with E-state index in [2.05, 4.69) is 5.32 Å². The summed E-state index contributed by atoms with van der Waals surface area (Å²) in [7, 11) is 0. The first-order chi connectivity index (χ1) is 10.6. The predicted molar refractivity (Wildman–Crippen MR) is 95.9 cm³/mol. The van der Waals surface area contributed by atoms with Gasteiger partial charge in [-0.1, -0.05) is 24.3 Å². The molecular weight excluding hydrogens is 312 g/mol. The van der Waals surface area contributed by atoms with Crippen LogP contribution in [0.5, 0.6) is 0 Å². The third-order valence-corrected chi connectivity index (χ3v) is 3.22. The quantitative estimate of drug-likeness (QED) is 0.845. The molecule has 0 aromatic heterocycles. The van der Waals surface area contributed by atoms with Gasteiger partial charge in [0.05, 0.1) is 12.7 Å². The number of amides is 1. The Balaban J connectivity index is 0.00000264. The van der Waals surface area contributed by atoms with Gasteiger partial charge in [-0.05, 0) is 49.2 Å². The lowest BCUT2D eigenvalue weighted by Crippen LogP contribution is -2.12. The van der Waals surface area contributed by atoms with E-state index in [9.17, 15) is 4.79 Å². The summed E-state index contributed by atoms with van der Waals surface area (Å²) in [5.74, 6) is -0.134. The number of hydrogen-bond acceptors (Lipinski definition) is 3. The minimum atomic E-state index is -0.134. The van der Waals surface area contributed by atoms with Crippen molar-refractivity contribution in [2.75, 3.05) is 5.32 Å². The molecule has 0 radical (unpaired) electrons. The molecule has 2 aromatic rings. The van der Waals surface area contributed by atoms with Crippen molar-refractivity contribution in [2.24, 2.45) is 5.73 Å². The molecule has 23 heavy (non-hydrogen) atoms. The fraction of sp³-hybridized carbons (Fsp3) is 0.278. The lowest BCUT2D eigenvalue weighted by atomic mass is 10.1. The molecule has 0 fully saturated rings. The van der Waals surface area contributed by atoms with Gasteiger partial charge in [0.25, 0.3) is 5.91 Å². The average molecular weight is 335 g/mol. The molecule has 0 spiro atoms. The largest absolute Gasteiger partial charge is 0.374 e. The SMILES string of the molecule is CC(C)OCc1cccc(NC(=O)c2ccc(CN)cc2)c1.Cl. The summed E-state index contributed by atoms with van der Waals surface area (Å²) in [6.45, 7) is 5.00. The van der Waals surface area contributed by atoms with Crippen LogP contribution in [-0.2, 0) is 17.9 Å². The zero-order valence-corrected chi connectivity index (χ0v) is 14.2. The van der Waals surface area contributed by atoms with Gasteiger partial charge in [0, 0.05) is 17.8 Å². The van der Waals surface area contributed by atoms with E-state index in [1.54, 1.807) is 12.1 Å². The molecule has 0 aliphatic carbocycles. The Hall–Kier alpha value is -1.88. The fourth-order valence-electron chi connectivity index (χ4n) is 2.00. The monoisotopic (exact) mass is 334 g/mol. The average Bonchev–Trinajstić information content (AvgIpc) is 2.53. The molecule has 0 bridgehead atoms. The van der Waals surface area contributed by atoms with Crippen molar-refractivity contribution in [3.8, 4) is 0 Å². The maximum Gasteiger partial charge on any atom is 0.255 e. The Labute approximate surface area is 143 Å². The van der Waals surface area contributed by atoms with Crippen LogP contribution in [0.1, 0.15) is 35.3 Å². The molecule has 2 rings (SSSR count). The Morgan fingerprint density at radius 1 is 1.13 bits per heavy atom. The number of halogens is 1. The minimum absolute atomic E-state index is 0. The lowest BCUT2D eigenvalue weighted by Gasteiger charge is -2.10. The van der Waals surface area contributed by atoms with Crippen LogP contribution < -0.4 is 11.1 Å². The summed E-state index contributed by atoms with van der Waals surface area (Å²) in [4.78, 5) is 12.2. The lowest BCUT2D eigenvalue weighted by molar-refractivity contribution is 0.0657. The highest BCUT2D eigenvalue weighted by Crippen LogP contribution is 2.14. The first-order valence-electron chi connectivity index (χ1n) is 7.39. The molecule has 4 nitrogen and oxygen atoms in total. The normalized spacial score (nSPS) is 10.3. The maximum absolute atomic E-state index is 12.2. The van der Waals surface area contributed by atoms with Gasteiger partial charge in [0.1, 0.15) is 0 Å². The van der Waals surface area contributed by atoms with Crippen molar-refractivity contribution < 1.29 is 9.53 Å². The molecular formula is C18H23ClN2O2. The van der Waals surface area contributed by atoms with E-state index >= 15 is 0 Å². The standard InChI is InChI=1S/C18H22N2O2.ClH/c1-13(2)22-12-15-4-3-5-17(10-15)20-18(21)16-8-6-14(11-19)7-9-16;/h3-10,13H,11-12,19H2,1-2H3,(H,20,21);1H. The second-order valence-electron chi connectivity index (χ2n) is 5.42. The van der Waals surface area contributed by atoms with Crippen molar-refractivity contribution in [1.82, 2.24) is 0 Å². The molecule has 0 aliphatic rings. The zero-order chi connectivity index (χ0) is 15.9. The Morgan fingerprint density at radius 3 is 2.43 bits per heavy atom. The van der Waals surface area contributed by atoms with Gasteiger partial charge in [-0.3, -0.25) is 4.79 Å². The third kappa shape index (κ3) is 6.02. The number of ether oxygens (including phenoxy) is 1. The molecule has 2 aromatic carbocycles. The number of carbonyl (C=O) groups excluding carboxylic acids is 1. The number of carbonyl (C=O) groups is 1. The van der Waals surface area contributed by atoms with Crippen LogP contribution in [0, 0.1) is 0 Å². The van der Waals surface area contributed by atoms with E-state index in [1.807, 2.05) is 50.2 Å². The number of nitrogens with one attached hydrogen (secondary N) is 1. The van der Waals surface area contributed by atoms with E-state index in [4.69, 9.17) is 10.5 Å². The minimum Gasteiger partial charge on any atom is -0.374 e. The van der Waals surface area contributed by atoms with Crippen LogP contribution >= 0.6 is 12.4 Å². The summed E-state index contributed by atoms with van der Waals surface area (Å²) in [6.07, 6.45) is 0.180. The summed E-state index contributed by atoms with van der Waals surface area (Å²) >= 11 is 0. The molecule has 0 saturated carbocycles. The van der Waals surface area contributed by atoms with Gasteiger partial charge in [0.2, 0.25) is 0 Å². The second kappa shape index (κ2) is 9.30. The van der Waals surface area contributed by atoms with Crippen molar-refractivity contribution in [2.45, 2.75) is 33.1 Å². The highest BCUT2D eigenvalue weighted by Gasteiger charge is 2.06. The molecule has 1 amide bonds. The van der Waals surface area contributed by atoms with Crippen LogP contribution in [0.3, 0.4) is 0 Å². The van der Waals surface area contributed by atoms with Gasteiger partial charge in [-0.25, -0.2) is 0 Å². The van der Waals surface area contributed by atoms with E-state index in [1.165, 1.54) is 0 Å². The van der Waals surface area contributed by atoms with Gasteiger partial charge in [-0.15, -0.1) is 12.4 Å². The first kappa shape index (κ1) is 19.2. The van der Waals surface area contributed by atoms with Crippen molar-refractivity contribution in [3.63, 3.8) is 0 Å². The topological polar surface area (TPSA) is 64.3 Å². The van der Waals surface area contributed by atoms with E-state index < -0.39 is 0 Å². The van der Waals surface area contributed by atoms with Gasteiger partial charge in [0.15, 0.2) is 0 Å². The number of nitrogens with two attached hydrogens (primary N) is 1. The van der Waals surface area contributed by atoms with Gasteiger partial charge < -0.3 is 15.8 Å². The van der Waals surface area contributed by atoms with Crippen molar-refractivity contribution >= 4 is 24.0 Å². The first-order valence-corrected chi connectivity index (χ1v) is 7.39. The smallest absolute Gasteiger partial charge is 0.255 e. The van der Waals surface area contributed by atoms with Crippen LogP contribution in [0.4, 0.5) is 5.69 Å². The molecule has 3 N–H and O–H groups in total. The summed E-state index contributed by atoms with van der Waals surface area (Å²) in [5, 5.41) is 2.90. The fourth-order valence-corrected chi connectivity index (χ4v) is 2.00. The summed E-state index contributed by atoms with van der Waals surface area (Å²) in [5.41, 5.74) is 8.96. The molecule has 0 atom stereocenters. The van der Waals surface area contributed by atoms with Crippen molar-refractivity contribution in [3.05, 3.63) is 65.2 Å². The summed E-state index contributed by atoms with van der Waals surface area (Å²) in [6, 6.07) is 15.0. The molecule has 0 unspecified atom stereocenters. The van der Waals surface area contributed by atoms with Crippen LogP contribution in [-0.4, -0.2) is 12.0 Å². The third-order valence-electron chi connectivity index (χ3n) is 3.22. The molecule has 124 valence electrons. The van der Waals surface area contributed by atoms with E-state index in [-0.39, 0.29) is 24.4 Å². The van der Waals surface area contributed by atoms with Crippen LogP contribution in [0.15, 0.2) is 48.5 Å². The van der Waals surface area contributed by atoms with Crippen molar-refractivity contribution in [1.29, 1.82) is 0 Å². The number of benzene rings is 2. The summed E-state index contributed by atoms with van der Waals surface area (Å²) < 4.78 is 5.57. The maximum atomic E-state index is 12.2. The number of rotatable bonds is 6. The number of hydrogen-bond donors (Lipinski definition) is 2. The molecule has 5 heteroatoms. The van der Waals surface area contributed by atoms with E-state index in [0.29, 0.717) is 18.7 Å². The predicted octanol–water partition coefficient (Wildman–Crippen LogP) is 3.74. The Kier molecular flexibility index (Phi) is 7.75. The Morgan fingerprint density at radius 2 is 1.83 bits per heavy atom. The molecule has 0 saturated heterocycles. The Bertz CT molecular complexity index is 627. The van der Waals surface area contributed by atoms with Gasteiger partial charge in [-0.2, -0.15) is 0 Å². The highest BCUT2D eigenvalue weighted by molar-refractivity contribution is 6.04. The number of anilines is 1. The molecule has 0 heterocycles. The van der Waals surface area contributed by atoms with E-state index in [0.717, 1.165) is 16.8 Å². The van der Waals surface area contributed by atoms with Crippen LogP contribution in [0.25, 0.3) is 0 Å². The van der Waals surface area contributed by atoms with Crippen LogP contribution in [0.2, 0.25) is 0 Å². The zero-order valence-electron chi connectivity index (χ0n) is 13.4. The second-order valence-corrected chi connectivity index (χ2v) is 5.42. The van der Waals surface area contributed by atoms with Gasteiger partial charge >= 0.3 is 0 Å². The molecule has 0 aliphatic heterocycles.